The summed E-state index contributed by atoms with van der Waals surface area (Å²) in [5.41, 5.74) is 2.31. The molecule has 0 fully saturated rings. The fraction of sp³-hybridized carbons (Fsp3) is 0.438. The van der Waals surface area contributed by atoms with E-state index in [9.17, 15) is 5.11 Å². The van der Waals surface area contributed by atoms with Gasteiger partial charge in [0.25, 0.3) is 0 Å². The molecule has 0 radical (unpaired) electrons. The van der Waals surface area contributed by atoms with Gasteiger partial charge in [-0.3, -0.25) is 0 Å². The number of halogens is 1. The Kier molecular flexibility index (Phi) is 4.99. The summed E-state index contributed by atoms with van der Waals surface area (Å²) >= 11 is 5.15. The van der Waals surface area contributed by atoms with Crippen molar-refractivity contribution in [2.45, 2.75) is 45.1 Å². The minimum atomic E-state index is -0.396. The van der Waals surface area contributed by atoms with Crippen LogP contribution in [0.25, 0.3) is 0 Å². The van der Waals surface area contributed by atoms with Gasteiger partial charge in [0.05, 0.1) is 16.8 Å². The van der Waals surface area contributed by atoms with Gasteiger partial charge in [-0.1, -0.05) is 54.9 Å². The number of hydrogen-bond acceptors (Lipinski definition) is 3. The van der Waals surface area contributed by atoms with Crippen LogP contribution in [0.15, 0.2) is 34.1 Å². The maximum absolute atomic E-state index is 10.2. The lowest BCUT2D eigenvalue weighted by molar-refractivity contribution is 0.175. The van der Waals surface area contributed by atoms with Gasteiger partial charge >= 0.3 is 0 Å². The van der Waals surface area contributed by atoms with E-state index in [0.717, 1.165) is 20.7 Å². The molecule has 2 rings (SSSR count). The highest BCUT2D eigenvalue weighted by atomic mass is 79.9. The number of aliphatic hydroxyl groups is 1. The molecule has 0 aliphatic rings. The van der Waals surface area contributed by atoms with Gasteiger partial charge in [-0.15, -0.1) is 11.3 Å². The Labute approximate surface area is 133 Å². The Hall–Kier alpha value is -0.710. The Morgan fingerprint density at radius 2 is 1.95 bits per heavy atom. The van der Waals surface area contributed by atoms with Gasteiger partial charge in [-0.05, 0) is 18.1 Å². The number of rotatable bonds is 4. The Morgan fingerprint density at radius 3 is 2.55 bits per heavy atom. The highest BCUT2D eigenvalue weighted by Gasteiger charge is 2.18. The first kappa shape index (κ1) is 15.7. The molecule has 0 spiro atoms. The third-order valence-electron chi connectivity index (χ3n) is 3.14. The van der Waals surface area contributed by atoms with Crippen molar-refractivity contribution in [1.82, 2.24) is 4.98 Å². The molecule has 1 aromatic carbocycles. The van der Waals surface area contributed by atoms with Crippen LogP contribution in [0.5, 0.6) is 0 Å². The van der Waals surface area contributed by atoms with Gasteiger partial charge in [0.2, 0.25) is 0 Å². The van der Waals surface area contributed by atoms with Crippen molar-refractivity contribution in [3.8, 4) is 0 Å². The number of aliphatic hydroxyl groups excluding tert-OH is 1. The average molecular weight is 354 g/mol. The van der Waals surface area contributed by atoms with Crippen LogP contribution in [0.4, 0.5) is 0 Å². The van der Waals surface area contributed by atoms with Crippen LogP contribution < -0.4 is 0 Å². The maximum Gasteiger partial charge on any atom is 0.0954 e. The van der Waals surface area contributed by atoms with Crippen molar-refractivity contribution >= 4 is 27.3 Å². The van der Waals surface area contributed by atoms with E-state index < -0.39 is 6.10 Å². The van der Waals surface area contributed by atoms with E-state index in [4.69, 9.17) is 0 Å². The molecular weight excluding hydrogens is 334 g/mol. The van der Waals surface area contributed by atoms with Gasteiger partial charge in [0.15, 0.2) is 0 Å². The lowest BCUT2D eigenvalue weighted by Gasteiger charge is -2.14. The lowest BCUT2D eigenvalue weighted by Crippen LogP contribution is -2.15. The molecular formula is C16H20BrNOS. The molecule has 108 valence electrons. The van der Waals surface area contributed by atoms with E-state index in [-0.39, 0.29) is 5.41 Å². The van der Waals surface area contributed by atoms with Gasteiger partial charge in [0, 0.05) is 21.7 Å². The predicted octanol–water partition coefficient (Wildman–Crippen LogP) is 4.35. The zero-order valence-electron chi connectivity index (χ0n) is 12.1. The standard InChI is InChI=1S/C16H20BrNOS/c1-16(2,3)14-10-20-15(18-14)9-12(19)8-11-6-4-5-7-13(11)17/h4-7,10,12,19H,8-9H2,1-3H3. The molecule has 2 nitrogen and oxygen atoms in total. The SMILES string of the molecule is CC(C)(C)c1csc(CC(O)Cc2ccccc2Br)n1. The molecule has 2 aromatic rings. The number of thiazole rings is 1. The van der Waals surface area contributed by atoms with Gasteiger partial charge in [-0.25, -0.2) is 4.98 Å². The van der Waals surface area contributed by atoms with Crippen LogP contribution >= 0.6 is 27.3 Å². The number of hydrogen-bond donors (Lipinski definition) is 1. The average Bonchev–Trinajstić information content (AvgIpc) is 2.80. The predicted molar refractivity (Wildman–Crippen MR) is 88.4 cm³/mol. The molecule has 0 bridgehead atoms. The van der Waals surface area contributed by atoms with E-state index >= 15 is 0 Å². The first-order valence-electron chi connectivity index (χ1n) is 6.72. The summed E-state index contributed by atoms with van der Waals surface area (Å²) in [6, 6.07) is 8.02. The molecule has 0 amide bonds. The Balaban J connectivity index is 2.00. The van der Waals surface area contributed by atoms with E-state index in [1.807, 2.05) is 24.3 Å². The quantitative estimate of drug-likeness (QED) is 0.886. The molecule has 0 aliphatic heterocycles. The minimum absolute atomic E-state index is 0.0716. The third-order valence-corrected chi connectivity index (χ3v) is 4.79. The number of benzene rings is 1. The summed E-state index contributed by atoms with van der Waals surface area (Å²) in [4.78, 5) is 4.63. The second-order valence-corrected chi connectivity index (χ2v) is 7.83. The molecule has 0 saturated carbocycles. The van der Waals surface area contributed by atoms with E-state index in [1.165, 1.54) is 0 Å². The van der Waals surface area contributed by atoms with E-state index in [1.54, 1.807) is 11.3 Å². The highest BCUT2D eigenvalue weighted by Crippen LogP contribution is 2.25. The summed E-state index contributed by atoms with van der Waals surface area (Å²) in [5, 5.41) is 13.3. The minimum Gasteiger partial charge on any atom is -0.392 e. The van der Waals surface area contributed by atoms with Crippen molar-refractivity contribution in [1.29, 1.82) is 0 Å². The summed E-state index contributed by atoms with van der Waals surface area (Å²) in [6.07, 6.45) is 0.862. The second-order valence-electron chi connectivity index (χ2n) is 6.03. The molecule has 20 heavy (non-hydrogen) atoms. The molecule has 1 N–H and O–H groups in total. The summed E-state index contributed by atoms with van der Waals surface area (Å²) in [5.74, 6) is 0. The molecule has 1 aromatic heterocycles. The monoisotopic (exact) mass is 353 g/mol. The fourth-order valence-electron chi connectivity index (χ4n) is 1.94. The zero-order valence-corrected chi connectivity index (χ0v) is 14.5. The van der Waals surface area contributed by atoms with Crippen LogP contribution in [0, 0.1) is 0 Å². The maximum atomic E-state index is 10.2. The second kappa shape index (κ2) is 6.37. The zero-order chi connectivity index (χ0) is 14.8. The van der Waals surface area contributed by atoms with Crippen molar-refractivity contribution < 1.29 is 5.11 Å². The summed E-state index contributed by atoms with van der Waals surface area (Å²) in [7, 11) is 0. The molecule has 0 saturated heterocycles. The number of nitrogens with zero attached hydrogens (tertiary/aromatic N) is 1. The highest BCUT2D eigenvalue weighted by molar-refractivity contribution is 9.10. The largest absolute Gasteiger partial charge is 0.392 e. The van der Waals surface area contributed by atoms with Crippen molar-refractivity contribution in [3.63, 3.8) is 0 Å². The van der Waals surface area contributed by atoms with Crippen LogP contribution in [0.3, 0.4) is 0 Å². The van der Waals surface area contributed by atoms with Crippen molar-refractivity contribution in [2.75, 3.05) is 0 Å². The number of aromatic nitrogens is 1. The molecule has 1 heterocycles. The normalized spacial score (nSPS) is 13.4. The molecule has 4 heteroatoms. The molecule has 0 aliphatic carbocycles. The first-order chi connectivity index (χ1) is 9.36. The lowest BCUT2D eigenvalue weighted by atomic mass is 9.93. The van der Waals surface area contributed by atoms with E-state index in [2.05, 4.69) is 47.1 Å². The van der Waals surface area contributed by atoms with Crippen LogP contribution in [-0.2, 0) is 18.3 Å². The Morgan fingerprint density at radius 1 is 1.25 bits per heavy atom. The van der Waals surface area contributed by atoms with Crippen molar-refractivity contribution in [3.05, 3.63) is 50.4 Å². The smallest absolute Gasteiger partial charge is 0.0954 e. The van der Waals surface area contributed by atoms with Crippen molar-refractivity contribution in [2.24, 2.45) is 0 Å². The van der Waals surface area contributed by atoms with Crippen LogP contribution in [-0.4, -0.2) is 16.2 Å². The van der Waals surface area contributed by atoms with E-state index in [0.29, 0.717) is 12.8 Å². The Bertz CT molecular complexity index is 574. The first-order valence-corrected chi connectivity index (χ1v) is 8.40. The fourth-order valence-corrected chi connectivity index (χ4v) is 3.48. The molecule has 1 atom stereocenters. The van der Waals surface area contributed by atoms with Crippen LogP contribution in [0.2, 0.25) is 0 Å². The summed E-state index contributed by atoms with van der Waals surface area (Å²) in [6.45, 7) is 6.47. The van der Waals surface area contributed by atoms with Gasteiger partial charge in [0.1, 0.15) is 0 Å². The topological polar surface area (TPSA) is 33.1 Å². The summed E-state index contributed by atoms with van der Waals surface area (Å²) < 4.78 is 1.05. The van der Waals surface area contributed by atoms with Gasteiger partial charge < -0.3 is 5.11 Å². The van der Waals surface area contributed by atoms with Gasteiger partial charge in [-0.2, -0.15) is 0 Å². The molecule has 1 unspecified atom stereocenters. The third kappa shape index (κ3) is 4.14. The van der Waals surface area contributed by atoms with Crippen LogP contribution in [0.1, 0.15) is 37.0 Å².